The lowest BCUT2D eigenvalue weighted by molar-refractivity contribution is -0.143. The Morgan fingerprint density at radius 2 is 0.519 bits per heavy atom. The highest BCUT2D eigenvalue weighted by molar-refractivity contribution is 5.76. The minimum atomic E-state index is -0.660. The molecule has 2 unspecified atom stereocenters. The summed E-state index contributed by atoms with van der Waals surface area (Å²) >= 11 is 0. The first-order chi connectivity index (χ1) is 39.0. The lowest BCUT2D eigenvalue weighted by atomic mass is 10.0. The van der Waals surface area contributed by atoms with Crippen LogP contribution < -0.4 is 5.32 Å². The summed E-state index contributed by atoms with van der Waals surface area (Å²) in [5, 5.41) is 23.4. The fourth-order valence-electron chi connectivity index (χ4n) is 12.1. The van der Waals surface area contributed by atoms with Gasteiger partial charge in [0.1, 0.15) is 0 Å². The van der Waals surface area contributed by atoms with Gasteiger partial charge in [-0.3, -0.25) is 9.59 Å². The maximum Gasteiger partial charge on any atom is 0.305 e. The molecule has 0 heterocycles. The van der Waals surface area contributed by atoms with Gasteiger partial charge in [-0.15, -0.1) is 0 Å². The number of unbranched alkanes of at least 4 members (excludes halogenated alkanes) is 59. The highest BCUT2D eigenvalue weighted by Crippen LogP contribution is 2.20. The zero-order valence-corrected chi connectivity index (χ0v) is 54.2. The van der Waals surface area contributed by atoms with Gasteiger partial charge in [0, 0.05) is 12.8 Å². The van der Waals surface area contributed by atoms with Crippen molar-refractivity contribution in [3.63, 3.8) is 0 Å². The summed E-state index contributed by atoms with van der Waals surface area (Å²) in [4.78, 5) is 24.6. The Kier molecular flexibility index (Phi) is 68.4. The Balaban J connectivity index is 3.30. The molecule has 0 aromatic carbocycles. The number of carbonyl (C=O) groups excluding carboxylic acids is 2. The van der Waals surface area contributed by atoms with Crippen LogP contribution in [0.5, 0.6) is 0 Å². The maximum atomic E-state index is 12.5. The molecule has 0 aliphatic heterocycles. The second kappa shape index (κ2) is 69.4. The minimum absolute atomic E-state index is 0.0236. The van der Waals surface area contributed by atoms with Crippen LogP contribution >= 0.6 is 0 Å². The number of hydrogen-bond donors (Lipinski definition) is 3. The molecule has 0 saturated heterocycles. The molecule has 472 valence electrons. The Hall–Kier alpha value is -1.14. The molecule has 0 bridgehead atoms. The molecule has 2 atom stereocenters. The number of aliphatic hydroxyl groups is 2. The number of rotatable bonds is 70. The second-order valence-corrected chi connectivity index (χ2v) is 25.6. The molecule has 0 fully saturated rings. The zero-order valence-electron chi connectivity index (χ0n) is 54.2. The Bertz CT molecular complexity index is 1150. The predicted molar refractivity (Wildman–Crippen MR) is 347 cm³/mol. The Morgan fingerprint density at radius 3 is 0.772 bits per heavy atom. The predicted octanol–water partition coefficient (Wildman–Crippen LogP) is 23.8. The van der Waals surface area contributed by atoms with E-state index < -0.39 is 12.1 Å². The first-order valence-electron chi connectivity index (χ1n) is 36.8. The summed E-state index contributed by atoms with van der Waals surface area (Å²) in [6, 6.07) is -0.537. The number of esters is 1. The zero-order chi connectivity index (χ0) is 57.1. The van der Waals surface area contributed by atoms with Gasteiger partial charge in [-0.05, 0) is 25.7 Å². The summed E-state index contributed by atoms with van der Waals surface area (Å²) in [7, 11) is 0. The van der Waals surface area contributed by atoms with Crippen LogP contribution in [-0.4, -0.2) is 47.4 Å². The summed E-state index contributed by atoms with van der Waals surface area (Å²) in [5.74, 6) is -0.00193. The molecule has 6 heteroatoms. The third kappa shape index (κ3) is 65.9. The molecule has 0 spiro atoms. The van der Waals surface area contributed by atoms with Gasteiger partial charge < -0.3 is 20.3 Å². The number of hydrogen-bond acceptors (Lipinski definition) is 5. The van der Waals surface area contributed by atoms with Gasteiger partial charge in [0.05, 0.1) is 25.4 Å². The molecule has 1 amide bonds. The van der Waals surface area contributed by atoms with Crippen molar-refractivity contribution in [1.29, 1.82) is 0 Å². The molecule has 3 N–H and O–H groups in total. The van der Waals surface area contributed by atoms with Crippen molar-refractivity contribution >= 4 is 11.9 Å². The van der Waals surface area contributed by atoms with Crippen LogP contribution in [0.25, 0.3) is 0 Å². The SMILES string of the molecule is CCCCCCCCCCCCCCCCCCCC(O)C(CO)NC(=O)CCCCCCCCCCCCCCCCCCCCCCCCCCCCCCCCCCCOC(=O)CCCCCCCCCCCCCC. The van der Waals surface area contributed by atoms with E-state index in [9.17, 15) is 19.8 Å². The number of carbonyl (C=O) groups is 2. The lowest BCUT2D eigenvalue weighted by Crippen LogP contribution is -2.45. The van der Waals surface area contributed by atoms with Crippen molar-refractivity contribution in [2.24, 2.45) is 0 Å². The first kappa shape index (κ1) is 77.9. The van der Waals surface area contributed by atoms with E-state index in [1.54, 1.807) is 0 Å². The molecule has 0 aromatic heterocycles. The summed E-state index contributed by atoms with van der Waals surface area (Å²) in [6.07, 6.45) is 84.6. The van der Waals surface area contributed by atoms with E-state index >= 15 is 0 Å². The quantitative estimate of drug-likeness (QED) is 0.0417. The molecule has 0 aromatic rings. The number of aliphatic hydroxyl groups excluding tert-OH is 2. The molecule has 79 heavy (non-hydrogen) atoms. The summed E-state index contributed by atoms with van der Waals surface area (Å²) in [5.41, 5.74) is 0. The standard InChI is InChI=1S/C73H145NO5/c1-3-5-7-9-11-13-15-17-18-36-39-42-45-49-53-57-61-65-71(76)70(69-75)74-72(77)66-62-58-54-50-46-43-40-37-34-32-30-28-26-24-22-20-19-21-23-25-27-29-31-33-35-38-41-44-48-52-56-60-64-68-79-73(78)67-63-59-55-51-47-16-14-12-10-8-6-4-2/h70-71,75-76H,3-69H2,1-2H3,(H,74,77). The number of nitrogens with one attached hydrogen (secondary N) is 1. The molecule has 0 radical (unpaired) electrons. The average Bonchev–Trinajstić information content (AvgIpc) is 3.45. The molecule has 6 nitrogen and oxygen atoms in total. The van der Waals surface area contributed by atoms with E-state index in [-0.39, 0.29) is 18.5 Å². The van der Waals surface area contributed by atoms with Crippen LogP contribution in [0, 0.1) is 0 Å². The van der Waals surface area contributed by atoms with Crippen molar-refractivity contribution in [3.05, 3.63) is 0 Å². The van der Waals surface area contributed by atoms with Gasteiger partial charge in [0.2, 0.25) is 5.91 Å². The lowest BCUT2D eigenvalue weighted by Gasteiger charge is -2.22. The normalized spacial score (nSPS) is 12.4. The maximum absolute atomic E-state index is 12.5. The molecule has 0 aliphatic carbocycles. The van der Waals surface area contributed by atoms with Gasteiger partial charge >= 0.3 is 5.97 Å². The van der Waals surface area contributed by atoms with Crippen molar-refractivity contribution in [2.75, 3.05) is 13.2 Å². The summed E-state index contributed by atoms with van der Waals surface area (Å²) < 4.78 is 5.49. The third-order valence-electron chi connectivity index (χ3n) is 17.7. The largest absolute Gasteiger partial charge is 0.466 e. The van der Waals surface area contributed by atoms with Crippen LogP contribution in [0.2, 0.25) is 0 Å². The van der Waals surface area contributed by atoms with E-state index in [2.05, 4.69) is 19.2 Å². The van der Waals surface area contributed by atoms with Crippen molar-refractivity contribution < 1.29 is 24.5 Å². The number of amides is 1. The summed E-state index contributed by atoms with van der Waals surface area (Å²) in [6.45, 7) is 5.00. The van der Waals surface area contributed by atoms with Crippen LogP contribution in [0.4, 0.5) is 0 Å². The minimum Gasteiger partial charge on any atom is -0.466 e. The highest BCUT2D eigenvalue weighted by Gasteiger charge is 2.20. The van der Waals surface area contributed by atoms with Crippen LogP contribution in [0.15, 0.2) is 0 Å². The van der Waals surface area contributed by atoms with Crippen LogP contribution in [-0.2, 0) is 14.3 Å². The highest BCUT2D eigenvalue weighted by atomic mass is 16.5. The number of ether oxygens (including phenoxy) is 1. The molecular weight excluding hydrogens is 971 g/mol. The van der Waals surface area contributed by atoms with E-state index in [1.165, 1.54) is 360 Å². The van der Waals surface area contributed by atoms with E-state index in [0.29, 0.717) is 25.9 Å². The van der Waals surface area contributed by atoms with Gasteiger partial charge in [-0.2, -0.15) is 0 Å². The first-order valence-corrected chi connectivity index (χ1v) is 36.8. The van der Waals surface area contributed by atoms with Gasteiger partial charge in [-0.25, -0.2) is 0 Å². The van der Waals surface area contributed by atoms with E-state index in [1.807, 2.05) is 0 Å². The van der Waals surface area contributed by atoms with E-state index in [0.717, 1.165) is 38.5 Å². The smallest absolute Gasteiger partial charge is 0.305 e. The van der Waals surface area contributed by atoms with Crippen molar-refractivity contribution in [2.45, 2.75) is 443 Å². The molecule has 0 rings (SSSR count). The Labute approximate surface area is 496 Å². The third-order valence-corrected chi connectivity index (χ3v) is 17.7. The fourth-order valence-corrected chi connectivity index (χ4v) is 12.1. The topological polar surface area (TPSA) is 95.9 Å². The second-order valence-electron chi connectivity index (χ2n) is 25.6. The molecule has 0 saturated carbocycles. The Morgan fingerprint density at radius 1 is 0.304 bits per heavy atom. The fraction of sp³-hybridized carbons (Fsp3) is 0.973. The van der Waals surface area contributed by atoms with Crippen molar-refractivity contribution in [1.82, 2.24) is 5.32 Å². The van der Waals surface area contributed by atoms with E-state index in [4.69, 9.17) is 4.74 Å². The van der Waals surface area contributed by atoms with Gasteiger partial charge in [0.15, 0.2) is 0 Å². The van der Waals surface area contributed by atoms with Crippen molar-refractivity contribution in [3.8, 4) is 0 Å². The van der Waals surface area contributed by atoms with Gasteiger partial charge in [-0.1, -0.05) is 393 Å². The van der Waals surface area contributed by atoms with Crippen LogP contribution in [0.3, 0.4) is 0 Å². The molecule has 0 aliphatic rings. The van der Waals surface area contributed by atoms with Gasteiger partial charge in [0.25, 0.3) is 0 Å². The average molecular weight is 1120 g/mol. The monoisotopic (exact) mass is 1120 g/mol. The molecular formula is C73H145NO5. The van der Waals surface area contributed by atoms with Crippen LogP contribution in [0.1, 0.15) is 431 Å².